The molecule has 8 aromatic rings. The second-order valence-corrected chi connectivity index (χ2v) is 17.2. The van der Waals surface area contributed by atoms with Gasteiger partial charge in [-0.25, -0.2) is 19.3 Å². The van der Waals surface area contributed by atoms with Crippen LogP contribution in [0.1, 0.15) is 92.0 Å². The molecule has 0 unspecified atom stereocenters. The van der Waals surface area contributed by atoms with E-state index in [1.165, 1.54) is 36.7 Å². The maximum atomic E-state index is 13.5. The molecule has 0 bridgehead atoms. The van der Waals surface area contributed by atoms with E-state index in [1.54, 1.807) is 90.2 Å². The quantitative estimate of drug-likeness (QED) is 0.0955. The van der Waals surface area contributed by atoms with Crippen LogP contribution in [0.2, 0.25) is 10.0 Å². The molecule has 0 spiro atoms. The summed E-state index contributed by atoms with van der Waals surface area (Å²) in [5.41, 5.74) is -1.26. The monoisotopic (exact) mass is 1030 g/mol. The Bertz CT molecular complexity index is 3190. The van der Waals surface area contributed by atoms with E-state index in [0.717, 1.165) is 9.36 Å². The van der Waals surface area contributed by atoms with Crippen molar-refractivity contribution in [3.63, 3.8) is 0 Å². The predicted octanol–water partition coefficient (Wildman–Crippen LogP) is 10.4. The van der Waals surface area contributed by atoms with E-state index >= 15 is 0 Å². The summed E-state index contributed by atoms with van der Waals surface area (Å²) >= 11 is 12.3. The lowest BCUT2D eigenvalue weighted by Crippen LogP contribution is -2.31. The van der Waals surface area contributed by atoms with Crippen LogP contribution in [0.25, 0.3) is 33.4 Å². The number of pyridine rings is 4. The van der Waals surface area contributed by atoms with E-state index in [1.807, 2.05) is 0 Å². The van der Waals surface area contributed by atoms with Gasteiger partial charge in [-0.05, 0) is 89.6 Å². The minimum Gasteiger partial charge on any atom is -0.350 e. The lowest BCUT2D eigenvalue weighted by atomic mass is 10.0. The number of carbonyl (C=O) groups excluding carboxylic acids is 4. The number of carbonyl (C=O) groups is 4. The molecule has 0 saturated heterocycles. The summed E-state index contributed by atoms with van der Waals surface area (Å²) in [6, 6.07) is 18.4. The van der Waals surface area contributed by atoms with Gasteiger partial charge in [0.05, 0.1) is 49.3 Å². The number of anilines is 2. The van der Waals surface area contributed by atoms with Crippen LogP contribution in [0.3, 0.4) is 0 Å². The zero-order chi connectivity index (χ0) is 52.4. The molecule has 0 saturated carbocycles. The highest BCUT2D eigenvalue weighted by Crippen LogP contribution is 2.35. The minimum atomic E-state index is -4.83. The van der Waals surface area contributed by atoms with E-state index in [2.05, 4.69) is 51.4 Å². The van der Waals surface area contributed by atoms with Crippen LogP contribution >= 0.6 is 23.2 Å². The Morgan fingerprint density at radius 1 is 0.556 bits per heavy atom. The fourth-order valence-electron chi connectivity index (χ4n) is 7.25. The molecular weight excluding hydrogens is 994 g/mol. The van der Waals surface area contributed by atoms with Gasteiger partial charge >= 0.3 is 12.4 Å². The van der Waals surface area contributed by atoms with Gasteiger partial charge in [0.15, 0.2) is 23.0 Å². The first-order valence-corrected chi connectivity index (χ1v) is 22.3. The fourth-order valence-corrected chi connectivity index (χ4v) is 7.65. The number of aromatic nitrogens is 8. The predicted molar refractivity (Wildman–Crippen MR) is 257 cm³/mol. The number of halogens is 8. The van der Waals surface area contributed by atoms with E-state index in [0.29, 0.717) is 45.2 Å². The van der Waals surface area contributed by atoms with Gasteiger partial charge in [0, 0.05) is 53.6 Å². The Hall–Kier alpha value is -7.98. The molecule has 4 amide bonds. The van der Waals surface area contributed by atoms with Crippen molar-refractivity contribution in [2.45, 2.75) is 66.0 Å². The number of rotatable bonds is 10. The molecule has 0 fully saturated rings. The fraction of sp³-hybridized carbons (Fsp3) is 0.208. The second kappa shape index (κ2) is 20.8. The summed E-state index contributed by atoms with van der Waals surface area (Å²) in [6.45, 7) is 10.4. The first kappa shape index (κ1) is 51.9. The molecule has 4 N–H and O–H groups in total. The van der Waals surface area contributed by atoms with Crippen LogP contribution in [-0.2, 0) is 12.4 Å². The average molecular weight is 1030 g/mol. The molecule has 0 atom stereocenters. The molecule has 24 heteroatoms. The largest absolute Gasteiger partial charge is 0.435 e. The summed E-state index contributed by atoms with van der Waals surface area (Å²) in [6.07, 6.45) is -5.47. The van der Waals surface area contributed by atoms with Gasteiger partial charge in [-0.1, -0.05) is 47.5 Å². The molecule has 6 aromatic heterocycles. The molecule has 0 aliphatic rings. The molecule has 6 heterocycles. The number of para-hydroxylation sites is 1. The molecular formula is C48H40Cl2F6N12O4. The van der Waals surface area contributed by atoms with Gasteiger partial charge in [-0.3, -0.25) is 29.1 Å². The second-order valence-electron chi connectivity index (χ2n) is 16.4. The molecule has 0 radical (unpaired) electrons. The number of hydrogen-bond donors (Lipinski definition) is 4. The third kappa shape index (κ3) is 11.1. The van der Waals surface area contributed by atoms with Crippen LogP contribution in [-0.4, -0.2) is 75.2 Å². The third-order valence-electron chi connectivity index (χ3n) is 10.3. The van der Waals surface area contributed by atoms with Crippen molar-refractivity contribution < 1.29 is 45.5 Å². The van der Waals surface area contributed by atoms with Crippen molar-refractivity contribution in [1.82, 2.24) is 50.1 Å². The lowest BCUT2D eigenvalue weighted by molar-refractivity contribution is -0.142. The number of alkyl halides is 6. The number of nitrogens with zero attached hydrogens (tertiary/aromatic N) is 8. The zero-order valence-corrected chi connectivity index (χ0v) is 40.1. The summed E-state index contributed by atoms with van der Waals surface area (Å²) in [5, 5.41) is 18.8. The highest BCUT2D eigenvalue weighted by molar-refractivity contribution is 6.32. The van der Waals surface area contributed by atoms with Gasteiger partial charge in [-0.2, -0.15) is 36.5 Å². The van der Waals surface area contributed by atoms with Crippen LogP contribution in [0.4, 0.5) is 37.7 Å². The Kier molecular flexibility index (Phi) is 15.0. The summed E-state index contributed by atoms with van der Waals surface area (Å²) in [4.78, 5) is 69.7. The lowest BCUT2D eigenvalue weighted by Gasteiger charge is -2.18. The molecule has 2 aromatic carbocycles. The minimum absolute atomic E-state index is 0.00617. The van der Waals surface area contributed by atoms with Crippen molar-refractivity contribution in [2.75, 3.05) is 10.6 Å². The summed E-state index contributed by atoms with van der Waals surface area (Å²) in [7, 11) is 0. The molecule has 372 valence electrons. The molecule has 16 nitrogen and oxygen atoms in total. The van der Waals surface area contributed by atoms with Crippen LogP contribution < -0.4 is 21.3 Å². The highest BCUT2D eigenvalue weighted by Gasteiger charge is 2.38. The Balaban J connectivity index is 0.000000211. The Morgan fingerprint density at radius 3 is 1.47 bits per heavy atom. The van der Waals surface area contributed by atoms with Crippen molar-refractivity contribution in [2.24, 2.45) is 0 Å². The van der Waals surface area contributed by atoms with Crippen molar-refractivity contribution >= 4 is 80.0 Å². The van der Waals surface area contributed by atoms with Gasteiger partial charge < -0.3 is 21.3 Å². The first-order valence-electron chi connectivity index (χ1n) is 21.5. The van der Waals surface area contributed by atoms with Crippen molar-refractivity contribution in [3.8, 4) is 11.6 Å². The number of nitrogens with one attached hydrogen (secondary N) is 4. The van der Waals surface area contributed by atoms with Gasteiger partial charge in [0.1, 0.15) is 11.4 Å². The van der Waals surface area contributed by atoms with Gasteiger partial charge in [-0.15, -0.1) is 0 Å². The van der Waals surface area contributed by atoms with Crippen LogP contribution in [0.5, 0.6) is 0 Å². The SMILES string of the molecule is Cc1cc2ncccc2c(C(=O)NC(C)C)c1NC(=O)c1cc(C(F)(F)F)nn1-c1ncccc1Cl.Cc1nc2ccccc2c(C(=O)NC(C)C)c1NC(=O)c1cc(C(F)(F)F)nn1-c1ncccc1Cl. The molecule has 0 aliphatic carbocycles. The smallest absolute Gasteiger partial charge is 0.350 e. The molecule has 8 rings (SSSR count). The molecule has 0 aliphatic heterocycles. The summed E-state index contributed by atoms with van der Waals surface area (Å²) < 4.78 is 82.4. The van der Waals surface area contributed by atoms with Crippen molar-refractivity contribution in [1.29, 1.82) is 0 Å². The van der Waals surface area contributed by atoms with Gasteiger partial charge in [0.25, 0.3) is 23.6 Å². The van der Waals surface area contributed by atoms with Crippen LogP contribution in [0.15, 0.2) is 97.5 Å². The average Bonchev–Trinajstić information content (AvgIpc) is 3.97. The normalized spacial score (nSPS) is 11.7. The van der Waals surface area contributed by atoms with E-state index in [-0.39, 0.29) is 56.3 Å². The summed E-state index contributed by atoms with van der Waals surface area (Å²) in [5.74, 6) is -3.16. The Morgan fingerprint density at radius 2 is 0.986 bits per heavy atom. The first-order chi connectivity index (χ1) is 33.9. The number of fused-ring (bicyclic) bond motifs is 2. The van der Waals surface area contributed by atoms with Gasteiger partial charge in [0.2, 0.25) is 0 Å². The zero-order valence-electron chi connectivity index (χ0n) is 38.6. The number of hydrogen-bond acceptors (Lipinski definition) is 10. The Labute approximate surface area is 415 Å². The van der Waals surface area contributed by atoms with Crippen LogP contribution in [0, 0.1) is 13.8 Å². The third-order valence-corrected chi connectivity index (χ3v) is 10.9. The molecule has 72 heavy (non-hydrogen) atoms. The van der Waals surface area contributed by atoms with E-state index in [4.69, 9.17) is 23.2 Å². The topological polar surface area (TPSA) is 204 Å². The maximum absolute atomic E-state index is 13.5. The maximum Gasteiger partial charge on any atom is 0.435 e. The van der Waals surface area contributed by atoms with E-state index in [9.17, 15) is 45.5 Å². The highest BCUT2D eigenvalue weighted by atomic mass is 35.5. The number of aryl methyl sites for hydroxylation is 2. The number of benzene rings is 2. The van der Waals surface area contributed by atoms with E-state index < -0.39 is 58.8 Å². The number of amides is 4. The standard InChI is InChI=1S/2C24H20ClF3N6O2/c1-12(2)31-23(36)19-14-6-4-8-29-16(14)10-13(3)20(19)32-22(35)17-11-18(24(26,27)28)33-34(17)21-15(25)7-5-9-30-21;1-12(2)30-23(36)19-14-7-4-5-9-16(14)31-13(3)20(19)32-22(35)17-11-18(24(26,27)28)33-34(17)21-15(25)8-6-10-29-21/h4-12H,1-3H3,(H,31,36)(H,32,35);4-12H,1-3H3,(H,30,36)(H,32,35). The van der Waals surface area contributed by atoms with Crippen molar-refractivity contribution in [3.05, 3.63) is 153 Å².